The molecule has 3 aliphatic rings. The minimum atomic E-state index is -0.142. The Labute approximate surface area is 141 Å². The Hall–Kier alpha value is -2.17. The Bertz CT molecular complexity index is 652. The average molecular weight is 326 g/mol. The van der Waals surface area contributed by atoms with E-state index in [0.29, 0.717) is 11.3 Å². The van der Waals surface area contributed by atoms with Crippen LogP contribution in [0.25, 0.3) is 0 Å². The van der Waals surface area contributed by atoms with E-state index in [0.717, 1.165) is 51.6 Å². The smallest absolute Gasteiger partial charge is 0.253 e. The molecule has 2 heterocycles. The number of imide groups is 1. The number of hydrogen-bond donors (Lipinski definition) is 0. The number of benzene rings is 1. The molecule has 126 valence electrons. The summed E-state index contributed by atoms with van der Waals surface area (Å²) in [5, 5.41) is 0. The van der Waals surface area contributed by atoms with Crippen LogP contribution in [0.4, 0.5) is 5.69 Å². The van der Waals surface area contributed by atoms with Gasteiger partial charge in [-0.25, -0.2) is 0 Å². The van der Waals surface area contributed by atoms with Crippen molar-refractivity contribution in [3.05, 3.63) is 29.8 Å². The highest BCUT2D eigenvalue weighted by molar-refractivity contribution is 6.22. The van der Waals surface area contributed by atoms with Gasteiger partial charge in [-0.1, -0.05) is 12.8 Å². The topological polar surface area (TPSA) is 57.7 Å². The van der Waals surface area contributed by atoms with Gasteiger partial charge in [0.2, 0.25) is 11.8 Å². The first-order chi connectivity index (χ1) is 11.7. The molecular weight excluding hydrogens is 304 g/mol. The van der Waals surface area contributed by atoms with Gasteiger partial charge in [0.15, 0.2) is 0 Å². The SMILES string of the molecule is O=C(c1ccc(N2C(=O)C3CCCCC3C2=O)cc1)N1CCCC1. The van der Waals surface area contributed by atoms with Crippen molar-refractivity contribution in [2.75, 3.05) is 18.0 Å². The van der Waals surface area contributed by atoms with E-state index >= 15 is 0 Å². The van der Waals surface area contributed by atoms with E-state index < -0.39 is 0 Å². The Morgan fingerprint density at radius 2 is 1.38 bits per heavy atom. The van der Waals surface area contributed by atoms with Crippen LogP contribution in [0.2, 0.25) is 0 Å². The van der Waals surface area contributed by atoms with Gasteiger partial charge in [-0.2, -0.15) is 0 Å². The van der Waals surface area contributed by atoms with Gasteiger partial charge < -0.3 is 4.90 Å². The third-order valence-corrected chi connectivity index (χ3v) is 5.61. The molecule has 2 atom stereocenters. The van der Waals surface area contributed by atoms with Crippen molar-refractivity contribution in [2.45, 2.75) is 38.5 Å². The van der Waals surface area contributed by atoms with E-state index in [1.54, 1.807) is 24.3 Å². The predicted octanol–water partition coefficient (Wildman–Crippen LogP) is 2.60. The van der Waals surface area contributed by atoms with Gasteiger partial charge in [0.05, 0.1) is 17.5 Å². The second-order valence-corrected chi connectivity index (χ2v) is 7.06. The molecule has 3 fully saturated rings. The first-order valence-corrected chi connectivity index (χ1v) is 8.94. The van der Waals surface area contributed by atoms with Crippen LogP contribution < -0.4 is 4.90 Å². The highest BCUT2D eigenvalue weighted by Gasteiger charge is 2.48. The quantitative estimate of drug-likeness (QED) is 0.785. The Kier molecular flexibility index (Phi) is 3.87. The summed E-state index contributed by atoms with van der Waals surface area (Å²) in [7, 11) is 0. The molecule has 3 amide bonds. The van der Waals surface area contributed by atoms with Gasteiger partial charge in [-0.15, -0.1) is 0 Å². The molecule has 0 aromatic heterocycles. The zero-order chi connectivity index (χ0) is 16.7. The van der Waals surface area contributed by atoms with E-state index in [4.69, 9.17) is 0 Å². The first-order valence-electron chi connectivity index (χ1n) is 8.94. The van der Waals surface area contributed by atoms with E-state index in [-0.39, 0.29) is 29.6 Å². The number of carbonyl (C=O) groups excluding carboxylic acids is 3. The van der Waals surface area contributed by atoms with E-state index in [2.05, 4.69) is 0 Å². The molecule has 0 radical (unpaired) electrons. The number of rotatable bonds is 2. The van der Waals surface area contributed by atoms with Crippen molar-refractivity contribution in [2.24, 2.45) is 11.8 Å². The summed E-state index contributed by atoms with van der Waals surface area (Å²) in [5.74, 6) is -0.382. The molecule has 4 rings (SSSR count). The summed E-state index contributed by atoms with van der Waals surface area (Å²) in [5.41, 5.74) is 1.22. The molecule has 0 spiro atoms. The van der Waals surface area contributed by atoms with E-state index in [1.807, 2.05) is 4.90 Å². The zero-order valence-corrected chi connectivity index (χ0v) is 13.7. The standard InChI is InChI=1S/C19H22N2O3/c22-17(20-11-3-4-12-20)13-7-9-14(10-8-13)21-18(23)15-5-1-2-6-16(15)19(21)24/h7-10,15-16H,1-6,11-12H2. The molecule has 0 bridgehead atoms. The molecule has 5 heteroatoms. The summed E-state index contributed by atoms with van der Waals surface area (Å²) in [4.78, 5) is 40.8. The molecule has 1 saturated carbocycles. The average Bonchev–Trinajstić information content (AvgIpc) is 3.23. The van der Waals surface area contributed by atoms with Crippen molar-refractivity contribution in [3.63, 3.8) is 0 Å². The fourth-order valence-corrected chi connectivity index (χ4v) is 4.27. The fourth-order valence-electron chi connectivity index (χ4n) is 4.27. The number of likely N-dealkylation sites (tertiary alicyclic amines) is 1. The summed E-state index contributed by atoms with van der Waals surface area (Å²) in [6.07, 6.45) is 5.80. The Morgan fingerprint density at radius 1 is 0.833 bits per heavy atom. The van der Waals surface area contributed by atoms with Crippen LogP contribution in [0.5, 0.6) is 0 Å². The van der Waals surface area contributed by atoms with Crippen LogP contribution in [0, 0.1) is 11.8 Å². The molecule has 2 unspecified atom stereocenters. The maximum Gasteiger partial charge on any atom is 0.253 e. The van der Waals surface area contributed by atoms with Gasteiger partial charge in [0, 0.05) is 18.7 Å². The highest BCUT2D eigenvalue weighted by atomic mass is 16.2. The highest BCUT2D eigenvalue weighted by Crippen LogP contribution is 2.40. The molecule has 1 aromatic carbocycles. The molecule has 1 aromatic rings. The molecule has 2 aliphatic heterocycles. The van der Waals surface area contributed by atoms with Crippen molar-refractivity contribution < 1.29 is 14.4 Å². The minimum Gasteiger partial charge on any atom is -0.339 e. The van der Waals surface area contributed by atoms with Crippen LogP contribution in [0.15, 0.2) is 24.3 Å². The fraction of sp³-hybridized carbons (Fsp3) is 0.526. The summed E-state index contributed by atoms with van der Waals surface area (Å²) in [6, 6.07) is 6.93. The molecule has 1 aliphatic carbocycles. The molecule has 2 saturated heterocycles. The second-order valence-electron chi connectivity index (χ2n) is 7.06. The van der Waals surface area contributed by atoms with Crippen LogP contribution in [0.3, 0.4) is 0 Å². The van der Waals surface area contributed by atoms with E-state index in [9.17, 15) is 14.4 Å². The van der Waals surface area contributed by atoms with Crippen LogP contribution in [-0.2, 0) is 9.59 Å². The second kappa shape index (κ2) is 6.04. The number of nitrogens with zero attached hydrogens (tertiary/aromatic N) is 2. The lowest BCUT2D eigenvalue weighted by atomic mass is 9.81. The van der Waals surface area contributed by atoms with Gasteiger partial charge in [0.25, 0.3) is 5.91 Å². The van der Waals surface area contributed by atoms with Gasteiger partial charge in [-0.3, -0.25) is 19.3 Å². The maximum atomic E-state index is 12.6. The van der Waals surface area contributed by atoms with Gasteiger partial charge in [0.1, 0.15) is 0 Å². The monoisotopic (exact) mass is 326 g/mol. The molecule has 0 N–H and O–H groups in total. The van der Waals surface area contributed by atoms with Crippen molar-refractivity contribution in [1.82, 2.24) is 4.90 Å². The lowest BCUT2D eigenvalue weighted by Gasteiger charge is -2.19. The van der Waals surface area contributed by atoms with Crippen LogP contribution in [-0.4, -0.2) is 35.7 Å². The number of carbonyl (C=O) groups is 3. The zero-order valence-electron chi connectivity index (χ0n) is 13.7. The number of hydrogen-bond acceptors (Lipinski definition) is 3. The molecular formula is C19H22N2O3. The van der Waals surface area contributed by atoms with Crippen molar-refractivity contribution in [1.29, 1.82) is 0 Å². The molecule has 5 nitrogen and oxygen atoms in total. The third-order valence-electron chi connectivity index (χ3n) is 5.61. The van der Waals surface area contributed by atoms with Crippen molar-refractivity contribution >= 4 is 23.4 Å². The summed E-state index contributed by atoms with van der Waals surface area (Å²) in [6.45, 7) is 1.63. The first kappa shape index (κ1) is 15.4. The van der Waals surface area contributed by atoms with E-state index in [1.165, 1.54) is 4.90 Å². The maximum absolute atomic E-state index is 12.6. The Balaban J connectivity index is 1.55. The predicted molar refractivity (Wildman–Crippen MR) is 89.5 cm³/mol. The van der Waals surface area contributed by atoms with Gasteiger partial charge >= 0.3 is 0 Å². The Morgan fingerprint density at radius 3 is 1.92 bits per heavy atom. The van der Waals surface area contributed by atoms with Crippen LogP contribution in [0.1, 0.15) is 48.9 Å². The summed E-state index contributed by atoms with van der Waals surface area (Å²) >= 11 is 0. The lowest BCUT2D eigenvalue weighted by Crippen LogP contribution is -2.31. The molecule has 24 heavy (non-hydrogen) atoms. The van der Waals surface area contributed by atoms with Crippen molar-refractivity contribution in [3.8, 4) is 0 Å². The normalized spacial score (nSPS) is 26.8. The lowest BCUT2D eigenvalue weighted by molar-refractivity contribution is -0.122. The van der Waals surface area contributed by atoms with Gasteiger partial charge in [-0.05, 0) is 49.9 Å². The minimum absolute atomic E-state index is 0.0341. The number of amides is 3. The number of anilines is 1. The largest absolute Gasteiger partial charge is 0.339 e. The van der Waals surface area contributed by atoms with Crippen LogP contribution >= 0.6 is 0 Å². The summed E-state index contributed by atoms with van der Waals surface area (Å²) < 4.78 is 0. The number of fused-ring (bicyclic) bond motifs is 1. The third kappa shape index (κ3) is 2.43.